The molecule has 3 heteroatoms. The van der Waals surface area contributed by atoms with Gasteiger partial charge in [-0.2, -0.15) is 0 Å². The summed E-state index contributed by atoms with van der Waals surface area (Å²) in [5.74, 6) is 0. The van der Waals surface area contributed by atoms with E-state index >= 15 is 0 Å². The number of hydrogen-bond acceptors (Lipinski definition) is 3. The van der Waals surface area contributed by atoms with Crippen LogP contribution in [-0.4, -0.2) is 31.9 Å². The Morgan fingerprint density at radius 2 is 1.95 bits per heavy atom. The summed E-state index contributed by atoms with van der Waals surface area (Å²) in [5, 5.41) is 13.7. The molecule has 0 amide bonds. The van der Waals surface area contributed by atoms with Gasteiger partial charge in [0.05, 0.1) is 6.10 Å². The van der Waals surface area contributed by atoms with E-state index < -0.39 is 0 Å². The quantitative estimate of drug-likeness (QED) is 0.868. The minimum Gasteiger partial charge on any atom is -0.393 e. The third kappa shape index (κ3) is 3.74. The van der Waals surface area contributed by atoms with Crippen molar-refractivity contribution in [3.8, 4) is 0 Å². The van der Waals surface area contributed by atoms with Gasteiger partial charge in [0.25, 0.3) is 0 Å². The molecule has 1 fully saturated rings. The molecule has 2 rings (SSSR count). The standard InChI is InChI=1S/C17H28N2O/c1-17(11-5-4-6-16(17)20)13-18-12-14-7-9-15(10-8-14)19(2)3/h7-10,16,18,20H,4-6,11-13H2,1-3H3. The van der Waals surface area contributed by atoms with Crippen molar-refractivity contribution in [2.24, 2.45) is 5.41 Å². The van der Waals surface area contributed by atoms with Gasteiger partial charge in [0.2, 0.25) is 0 Å². The third-order valence-electron chi connectivity index (χ3n) is 4.59. The number of nitrogens with one attached hydrogen (secondary N) is 1. The van der Waals surface area contributed by atoms with E-state index in [0.717, 1.165) is 25.9 Å². The van der Waals surface area contributed by atoms with E-state index in [2.05, 4.69) is 55.5 Å². The van der Waals surface area contributed by atoms with Crippen LogP contribution in [0, 0.1) is 5.41 Å². The van der Waals surface area contributed by atoms with Gasteiger partial charge in [0.1, 0.15) is 0 Å². The molecule has 0 bridgehead atoms. The van der Waals surface area contributed by atoms with Crippen molar-refractivity contribution >= 4 is 5.69 Å². The maximum Gasteiger partial charge on any atom is 0.0605 e. The van der Waals surface area contributed by atoms with E-state index in [1.807, 2.05) is 0 Å². The first kappa shape index (κ1) is 15.3. The lowest BCUT2D eigenvalue weighted by atomic mass is 9.73. The van der Waals surface area contributed by atoms with Crippen LogP contribution in [0.15, 0.2) is 24.3 Å². The summed E-state index contributed by atoms with van der Waals surface area (Å²) in [7, 11) is 4.11. The molecule has 2 unspecified atom stereocenters. The normalized spacial score (nSPS) is 26.5. The van der Waals surface area contributed by atoms with Crippen LogP contribution in [0.1, 0.15) is 38.2 Å². The van der Waals surface area contributed by atoms with Gasteiger partial charge in [-0.3, -0.25) is 0 Å². The predicted molar refractivity (Wildman–Crippen MR) is 85.1 cm³/mol. The average molecular weight is 276 g/mol. The Bertz CT molecular complexity index is 416. The fourth-order valence-electron chi connectivity index (χ4n) is 2.99. The largest absolute Gasteiger partial charge is 0.393 e. The molecule has 1 aromatic rings. The van der Waals surface area contributed by atoms with Crippen molar-refractivity contribution in [2.45, 2.75) is 45.3 Å². The maximum absolute atomic E-state index is 10.2. The van der Waals surface area contributed by atoms with Crippen molar-refractivity contribution in [1.82, 2.24) is 5.32 Å². The number of aliphatic hydroxyl groups is 1. The fourth-order valence-corrected chi connectivity index (χ4v) is 2.99. The van der Waals surface area contributed by atoms with Crippen molar-refractivity contribution < 1.29 is 5.11 Å². The zero-order valence-electron chi connectivity index (χ0n) is 13.0. The van der Waals surface area contributed by atoms with Gasteiger partial charge in [-0.05, 0) is 30.5 Å². The van der Waals surface area contributed by atoms with Crippen molar-refractivity contribution in [1.29, 1.82) is 0 Å². The molecule has 2 atom stereocenters. The number of anilines is 1. The molecule has 1 saturated carbocycles. The first-order valence-electron chi connectivity index (χ1n) is 7.66. The van der Waals surface area contributed by atoms with Crippen molar-refractivity contribution in [2.75, 3.05) is 25.5 Å². The monoisotopic (exact) mass is 276 g/mol. The molecule has 1 aromatic carbocycles. The van der Waals surface area contributed by atoms with E-state index in [1.165, 1.54) is 24.1 Å². The van der Waals surface area contributed by atoms with E-state index in [0.29, 0.717) is 0 Å². The Kier molecular flexibility index (Phi) is 5.06. The summed E-state index contributed by atoms with van der Waals surface area (Å²) in [6, 6.07) is 8.63. The highest BCUT2D eigenvalue weighted by Gasteiger charge is 2.34. The van der Waals surface area contributed by atoms with Gasteiger partial charge >= 0.3 is 0 Å². The second-order valence-corrected chi connectivity index (χ2v) is 6.58. The minimum atomic E-state index is -0.153. The second kappa shape index (κ2) is 6.59. The second-order valence-electron chi connectivity index (χ2n) is 6.58. The van der Waals surface area contributed by atoms with E-state index in [-0.39, 0.29) is 11.5 Å². The van der Waals surface area contributed by atoms with Crippen LogP contribution in [0.3, 0.4) is 0 Å². The summed E-state index contributed by atoms with van der Waals surface area (Å²) in [5.41, 5.74) is 2.56. The van der Waals surface area contributed by atoms with Gasteiger partial charge in [-0.25, -0.2) is 0 Å². The molecule has 0 radical (unpaired) electrons. The number of benzene rings is 1. The Morgan fingerprint density at radius 3 is 2.55 bits per heavy atom. The summed E-state index contributed by atoms with van der Waals surface area (Å²) >= 11 is 0. The van der Waals surface area contributed by atoms with E-state index in [1.54, 1.807) is 0 Å². The van der Waals surface area contributed by atoms with Crippen LogP contribution >= 0.6 is 0 Å². The molecular weight excluding hydrogens is 248 g/mol. The van der Waals surface area contributed by atoms with E-state index in [9.17, 15) is 5.11 Å². The zero-order valence-corrected chi connectivity index (χ0v) is 13.0. The molecule has 1 aliphatic carbocycles. The van der Waals surface area contributed by atoms with Gasteiger partial charge < -0.3 is 15.3 Å². The molecule has 3 nitrogen and oxygen atoms in total. The molecule has 0 aromatic heterocycles. The molecule has 0 spiro atoms. The van der Waals surface area contributed by atoms with Crippen LogP contribution in [-0.2, 0) is 6.54 Å². The molecule has 2 N–H and O–H groups in total. The summed E-state index contributed by atoms with van der Waals surface area (Å²) in [4.78, 5) is 2.11. The first-order chi connectivity index (χ1) is 9.51. The van der Waals surface area contributed by atoms with Crippen LogP contribution in [0.2, 0.25) is 0 Å². The molecule has 0 saturated heterocycles. The maximum atomic E-state index is 10.2. The topological polar surface area (TPSA) is 35.5 Å². The van der Waals surface area contributed by atoms with Crippen LogP contribution in [0.5, 0.6) is 0 Å². The van der Waals surface area contributed by atoms with Crippen LogP contribution < -0.4 is 10.2 Å². The number of aliphatic hydroxyl groups excluding tert-OH is 1. The smallest absolute Gasteiger partial charge is 0.0605 e. The van der Waals surface area contributed by atoms with Gasteiger partial charge in [-0.15, -0.1) is 0 Å². The molecular formula is C17H28N2O. The Labute approximate surface area is 123 Å². The van der Waals surface area contributed by atoms with Gasteiger partial charge in [0.15, 0.2) is 0 Å². The van der Waals surface area contributed by atoms with Crippen molar-refractivity contribution in [3.63, 3.8) is 0 Å². The highest BCUT2D eigenvalue weighted by atomic mass is 16.3. The minimum absolute atomic E-state index is 0.0435. The number of nitrogens with zero attached hydrogens (tertiary/aromatic N) is 1. The predicted octanol–water partition coefficient (Wildman–Crippen LogP) is 2.78. The molecule has 0 heterocycles. The molecule has 1 aliphatic rings. The highest BCUT2D eigenvalue weighted by molar-refractivity contribution is 5.45. The lowest BCUT2D eigenvalue weighted by Crippen LogP contribution is -2.43. The molecule has 20 heavy (non-hydrogen) atoms. The Balaban J connectivity index is 1.83. The summed E-state index contributed by atoms with van der Waals surface area (Å²) in [6.07, 6.45) is 4.34. The lowest BCUT2D eigenvalue weighted by Gasteiger charge is -2.38. The average Bonchev–Trinajstić information content (AvgIpc) is 2.43. The third-order valence-corrected chi connectivity index (χ3v) is 4.59. The first-order valence-corrected chi connectivity index (χ1v) is 7.66. The Hall–Kier alpha value is -1.06. The number of hydrogen-bond donors (Lipinski definition) is 2. The fraction of sp³-hybridized carbons (Fsp3) is 0.647. The van der Waals surface area contributed by atoms with Gasteiger partial charge in [-0.1, -0.05) is 31.9 Å². The Morgan fingerprint density at radius 1 is 1.25 bits per heavy atom. The van der Waals surface area contributed by atoms with Gasteiger partial charge in [0, 0.05) is 38.3 Å². The highest BCUT2D eigenvalue weighted by Crippen LogP contribution is 2.35. The van der Waals surface area contributed by atoms with Crippen LogP contribution in [0.4, 0.5) is 5.69 Å². The molecule has 0 aliphatic heterocycles. The van der Waals surface area contributed by atoms with Crippen LogP contribution in [0.25, 0.3) is 0 Å². The van der Waals surface area contributed by atoms with Crippen molar-refractivity contribution in [3.05, 3.63) is 29.8 Å². The van der Waals surface area contributed by atoms with E-state index in [4.69, 9.17) is 0 Å². The SMILES string of the molecule is CN(C)c1ccc(CNCC2(C)CCCCC2O)cc1. The number of rotatable bonds is 5. The lowest BCUT2D eigenvalue weighted by molar-refractivity contribution is 0.00115. The zero-order chi connectivity index (χ0) is 14.6. The summed E-state index contributed by atoms with van der Waals surface area (Å²) < 4.78 is 0. The molecule has 112 valence electrons. The summed E-state index contributed by atoms with van der Waals surface area (Å²) in [6.45, 7) is 3.97.